The molecule has 3 aromatic rings. The zero-order chi connectivity index (χ0) is 22.6. The van der Waals surface area contributed by atoms with E-state index >= 15 is 0 Å². The maximum Gasteiger partial charge on any atom is 0.243 e. The molecule has 7 nitrogen and oxygen atoms in total. The van der Waals surface area contributed by atoms with Crippen molar-refractivity contribution in [1.82, 2.24) is 19.1 Å². The van der Waals surface area contributed by atoms with Gasteiger partial charge in [-0.2, -0.15) is 16.1 Å². The molecule has 2 aromatic carbocycles. The zero-order valence-corrected chi connectivity index (χ0v) is 20.5. The van der Waals surface area contributed by atoms with Crippen molar-refractivity contribution in [3.8, 4) is 17.1 Å². The Bertz CT molecular complexity index is 1160. The Balaban J connectivity index is 1.79. The largest absolute Gasteiger partial charge is 0.379 e. The average molecular weight is 491 g/mol. The summed E-state index contributed by atoms with van der Waals surface area (Å²) in [6, 6.07) is 15.2. The second-order valence-corrected chi connectivity index (χ2v) is 11.3. The molecule has 0 N–H and O–H groups in total. The number of sulfonamides is 1. The van der Waals surface area contributed by atoms with Crippen molar-refractivity contribution < 1.29 is 13.2 Å². The fraction of sp³-hybridized carbons (Fsp3) is 0.364. The summed E-state index contributed by atoms with van der Waals surface area (Å²) in [5, 5.41) is 9.74. The minimum Gasteiger partial charge on any atom is -0.379 e. The second-order valence-electron chi connectivity index (χ2n) is 7.31. The van der Waals surface area contributed by atoms with Gasteiger partial charge in [-0.25, -0.2) is 8.42 Å². The van der Waals surface area contributed by atoms with Crippen LogP contribution in [0.15, 0.2) is 58.6 Å². The van der Waals surface area contributed by atoms with Crippen molar-refractivity contribution in [1.29, 1.82) is 0 Å². The Morgan fingerprint density at radius 2 is 1.78 bits per heavy atom. The highest BCUT2D eigenvalue weighted by Crippen LogP contribution is 2.32. The molecule has 170 valence electrons. The molecule has 1 fully saturated rings. The molecule has 1 aliphatic rings. The molecule has 0 spiro atoms. The number of para-hydroxylation sites is 1. The van der Waals surface area contributed by atoms with Crippen molar-refractivity contribution in [2.24, 2.45) is 0 Å². The molecule has 4 rings (SSSR count). The van der Waals surface area contributed by atoms with Crippen LogP contribution in [0.2, 0.25) is 0 Å². The third kappa shape index (κ3) is 4.89. The molecule has 0 atom stereocenters. The third-order valence-corrected chi connectivity index (χ3v) is 8.92. The van der Waals surface area contributed by atoms with Crippen molar-refractivity contribution in [2.75, 3.05) is 44.1 Å². The summed E-state index contributed by atoms with van der Waals surface area (Å²) >= 11 is 3.44. The normalized spacial score (nSPS) is 15.2. The lowest BCUT2D eigenvalue weighted by Crippen LogP contribution is -2.40. The maximum atomic E-state index is 13.2. The molecule has 0 radical (unpaired) electrons. The molecular weight excluding hydrogens is 464 g/mol. The number of aromatic nitrogens is 3. The van der Waals surface area contributed by atoms with E-state index in [1.807, 2.05) is 47.9 Å². The Kier molecular flexibility index (Phi) is 7.57. The number of nitrogens with zero attached hydrogens (tertiary/aromatic N) is 4. The molecule has 1 aliphatic heterocycles. The van der Waals surface area contributed by atoms with Gasteiger partial charge in [-0.1, -0.05) is 36.0 Å². The molecule has 0 unspecified atom stereocenters. The topological polar surface area (TPSA) is 77.3 Å². The summed E-state index contributed by atoms with van der Waals surface area (Å²) in [7, 11) is -3.61. The fourth-order valence-electron chi connectivity index (χ4n) is 3.50. The van der Waals surface area contributed by atoms with Crippen LogP contribution in [0.25, 0.3) is 17.1 Å². The van der Waals surface area contributed by atoms with Gasteiger partial charge in [0.1, 0.15) is 0 Å². The van der Waals surface area contributed by atoms with E-state index in [2.05, 4.69) is 16.5 Å². The van der Waals surface area contributed by atoms with Gasteiger partial charge in [-0.3, -0.25) is 4.57 Å². The highest BCUT2D eigenvalue weighted by atomic mass is 32.2. The van der Waals surface area contributed by atoms with E-state index in [-0.39, 0.29) is 4.90 Å². The molecule has 0 saturated carbocycles. The van der Waals surface area contributed by atoms with Crippen molar-refractivity contribution >= 4 is 33.5 Å². The fourth-order valence-corrected chi connectivity index (χ4v) is 6.54. The Morgan fingerprint density at radius 1 is 1.03 bits per heavy atom. The van der Waals surface area contributed by atoms with E-state index < -0.39 is 10.0 Å². The molecule has 0 aliphatic carbocycles. The number of hydrogen-bond donors (Lipinski definition) is 0. The number of benzene rings is 2. The van der Waals surface area contributed by atoms with Gasteiger partial charge < -0.3 is 4.74 Å². The first-order valence-corrected chi connectivity index (χ1v) is 14.2. The summed E-state index contributed by atoms with van der Waals surface area (Å²) in [6.45, 7) is 3.52. The molecule has 0 amide bonds. The Morgan fingerprint density at radius 3 is 2.50 bits per heavy atom. The van der Waals surface area contributed by atoms with Gasteiger partial charge in [-0.15, -0.1) is 10.2 Å². The van der Waals surface area contributed by atoms with Gasteiger partial charge in [0.25, 0.3) is 0 Å². The summed E-state index contributed by atoms with van der Waals surface area (Å²) in [5.74, 6) is 2.56. The van der Waals surface area contributed by atoms with Gasteiger partial charge >= 0.3 is 0 Å². The lowest BCUT2D eigenvalue weighted by molar-refractivity contribution is 0.0730. The maximum absolute atomic E-state index is 13.2. The van der Waals surface area contributed by atoms with Gasteiger partial charge in [0.05, 0.1) is 18.1 Å². The Labute approximate surface area is 197 Å². The van der Waals surface area contributed by atoms with E-state index in [0.717, 1.165) is 33.5 Å². The highest BCUT2D eigenvalue weighted by molar-refractivity contribution is 8.02. The van der Waals surface area contributed by atoms with Gasteiger partial charge in [-0.05, 0) is 43.0 Å². The number of morpholine rings is 1. The van der Waals surface area contributed by atoms with Crippen LogP contribution in [0.5, 0.6) is 0 Å². The van der Waals surface area contributed by atoms with Crippen molar-refractivity contribution in [3.63, 3.8) is 0 Å². The molecule has 1 saturated heterocycles. The van der Waals surface area contributed by atoms with Crippen LogP contribution < -0.4 is 0 Å². The summed E-state index contributed by atoms with van der Waals surface area (Å²) < 4.78 is 35.3. The van der Waals surface area contributed by atoms with Crippen LogP contribution in [0.1, 0.15) is 5.56 Å². The van der Waals surface area contributed by atoms with E-state index in [4.69, 9.17) is 4.74 Å². The van der Waals surface area contributed by atoms with E-state index in [1.165, 1.54) is 4.31 Å². The molecule has 0 bridgehead atoms. The van der Waals surface area contributed by atoms with E-state index in [9.17, 15) is 8.42 Å². The second kappa shape index (κ2) is 10.4. The standard InChI is InChI=1S/C22H26N4O3S3/c1-17-8-9-19(32(27,28)25-10-12-29-13-11-25)16-20(17)21-23-24-22(31-15-14-30-2)26(21)18-6-4-3-5-7-18/h3-9,16H,10-15H2,1-2H3. The van der Waals surface area contributed by atoms with Crippen LogP contribution in [0.4, 0.5) is 0 Å². The molecule has 2 heterocycles. The average Bonchev–Trinajstić information content (AvgIpc) is 3.24. The third-order valence-electron chi connectivity index (χ3n) is 5.22. The van der Waals surface area contributed by atoms with E-state index in [0.29, 0.717) is 32.1 Å². The van der Waals surface area contributed by atoms with Gasteiger partial charge in [0, 0.05) is 35.8 Å². The smallest absolute Gasteiger partial charge is 0.243 e. The first-order valence-electron chi connectivity index (χ1n) is 10.3. The molecule has 32 heavy (non-hydrogen) atoms. The highest BCUT2D eigenvalue weighted by Gasteiger charge is 2.28. The summed E-state index contributed by atoms with van der Waals surface area (Å²) in [5.41, 5.74) is 2.64. The number of ether oxygens (including phenoxy) is 1. The molecular formula is C22H26N4O3S3. The summed E-state index contributed by atoms with van der Waals surface area (Å²) in [6.07, 6.45) is 2.08. The van der Waals surface area contributed by atoms with Crippen molar-refractivity contribution in [3.05, 3.63) is 54.1 Å². The minimum absolute atomic E-state index is 0.263. The van der Waals surface area contributed by atoms with Gasteiger partial charge in [0.15, 0.2) is 11.0 Å². The predicted molar refractivity (Wildman–Crippen MR) is 130 cm³/mol. The quantitative estimate of drug-likeness (QED) is 0.352. The lowest BCUT2D eigenvalue weighted by atomic mass is 10.1. The first-order chi connectivity index (χ1) is 15.5. The minimum atomic E-state index is -3.61. The van der Waals surface area contributed by atoms with E-state index in [1.54, 1.807) is 35.7 Å². The SMILES string of the molecule is CSCCSc1nnc(-c2cc(S(=O)(=O)N3CCOCC3)ccc2C)n1-c1ccccc1. The zero-order valence-electron chi connectivity index (χ0n) is 18.1. The first kappa shape index (κ1) is 23.3. The number of aryl methyl sites for hydroxylation is 1. The lowest BCUT2D eigenvalue weighted by Gasteiger charge is -2.26. The van der Waals surface area contributed by atoms with Crippen molar-refractivity contribution in [2.45, 2.75) is 17.0 Å². The van der Waals surface area contributed by atoms with Gasteiger partial charge in [0.2, 0.25) is 10.0 Å². The number of thioether (sulfide) groups is 2. The van der Waals surface area contributed by atoms with Crippen LogP contribution >= 0.6 is 23.5 Å². The predicted octanol–water partition coefficient (Wildman–Crippen LogP) is 3.72. The monoisotopic (exact) mass is 490 g/mol. The molecule has 10 heteroatoms. The van der Waals surface area contributed by atoms with Crippen LogP contribution in [0, 0.1) is 6.92 Å². The van der Waals surface area contributed by atoms with Crippen LogP contribution in [-0.2, 0) is 14.8 Å². The Hall–Kier alpha value is -1.85. The molecule has 1 aromatic heterocycles. The van der Waals surface area contributed by atoms with Crippen LogP contribution in [0.3, 0.4) is 0 Å². The number of hydrogen-bond acceptors (Lipinski definition) is 7. The van der Waals surface area contributed by atoms with Crippen LogP contribution in [-0.4, -0.2) is 71.6 Å². The summed E-state index contributed by atoms with van der Waals surface area (Å²) in [4.78, 5) is 0.263. The number of rotatable bonds is 8.